The van der Waals surface area contributed by atoms with Gasteiger partial charge < -0.3 is 15.0 Å². The number of para-hydroxylation sites is 1. The van der Waals surface area contributed by atoms with Crippen LogP contribution < -0.4 is 10.2 Å². The van der Waals surface area contributed by atoms with Crippen molar-refractivity contribution >= 4 is 11.6 Å². The zero-order chi connectivity index (χ0) is 16.3. The van der Waals surface area contributed by atoms with E-state index >= 15 is 0 Å². The van der Waals surface area contributed by atoms with Gasteiger partial charge in [-0.1, -0.05) is 32.0 Å². The van der Waals surface area contributed by atoms with Crippen molar-refractivity contribution in [2.24, 2.45) is 0 Å². The summed E-state index contributed by atoms with van der Waals surface area (Å²) >= 11 is 0. The minimum Gasteiger partial charge on any atom is -0.364 e. The highest BCUT2D eigenvalue weighted by molar-refractivity contribution is 5.93. The van der Waals surface area contributed by atoms with Gasteiger partial charge in [-0.25, -0.2) is 0 Å². The molecule has 2 rings (SSSR count). The molecule has 0 saturated carbocycles. The van der Waals surface area contributed by atoms with Gasteiger partial charge in [-0.15, -0.1) is 0 Å². The van der Waals surface area contributed by atoms with Crippen LogP contribution in [0.1, 0.15) is 44.7 Å². The Balaban J connectivity index is 2.03. The van der Waals surface area contributed by atoms with Crippen molar-refractivity contribution in [3.63, 3.8) is 0 Å². The number of hydrogen-bond donors (Lipinski definition) is 2. The van der Waals surface area contributed by atoms with Crippen molar-refractivity contribution in [1.82, 2.24) is 0 Å². The Labute approximate surface area is 133 Å². The molecule has 0 aromatic heterocycles. The van der Waals surface area contributed by atoms with Gasteiger partial charge in [0.1, 0.15) is 25.3 Å². The van der Waals surface area contributed by atoms with Crippen LogP contribution in [0.2, 0.25) is 0 Å². The molecule has 22 heavy (non-hydrogen) atoms. The predicted octanol–water partition coefficient (Wildman–Crippen LogP) is 1.75. The number of carbonyl (C=O) groups excluding carboxylic acids is 1. The van der Waals surface area contributed by atoms with Gasteiger partial charge in [0.15, 0.2) is 6.54 Å². The summed E-state index contributed by atoms with van der Waals surface area (Å²) in [5.41, 5.74) is 3.31. The quantitative estimate of drug-likeness (QED) is 0.890. The maximum Gasteiger partial charge on any atom is 0.279 e. The van der Waals surface area contributed by atoms with E-state index in [1.807, 2.05) is 13.0 Å². The topological polar surface area (TPSA) is 42.8 Å². The Morgan fingerprint density at radius 2 is 1.95 bits per heavy atom. The number of quaternary nitrogens is 1. The molecule has 0 radical (unpaired) electrons. The zero-order valence-electron chi connectivity index (χ0n) is 14.4. The Bertz CT molecular complexity index is 518. The highest BCUT2D eigenvalue weighted by Gasteiger charge is 2.27. The Hall–Kier alpha value is -1.39. The summed E-state index contributed by atoms with van der Waals surface area (Å²) in [7, 11) is 0. The molecule has 2 atom stereocenters. The molecule has 1 aliphatic rings. The van der Waals surface area contributed by atoms with Crippen LogP contribution in [-0.4, -0.2) is 37.7 Å². The van der Waals surface area contributed by atoms with Crippen LogP contribution in [-0.2, 0) is 9.53 Å². The third-order valence-corrected chi connectivity index (χ3v) is 4.22. The van der Waals surface area contributed by atoms with Gasteiger partial charge in [0.25, 0.3) is 5.91 Å². The number of anilines is 1. The highest BCUT2D eigenvalue weighted by Crippen LogP contribution is 2.27. The van der Waals surface area contributed by atoms with Crippen LogP contribution in [0, 0.1) is 6.92 Å². The van der Waals surface area contributed by atoms with Crippen molar-refractivity contribution < 1.29 is 14.4 Å². The largest absolute Gasteiger partial charge is 0.364 e. The van der Waals surface area contributed by atoms with E-state index in [2.05, 4.69) is 45.1 Å². The van der Waals surface area contributed by atoms with Crippen molar-refractivity contribution in [3.05, 3.63) is 29.3 Å². The average molecular weight is 305 g/mol. The maximum absolute atomic E-state index is 12.4. The predicted molar refractivity (Wildman–Crippen MR) is 89.5 cm³/mol. The Morgan fingerprint density at radius 3 is 2.55 bits per heavy atom. The fourth-order valence-corrected chi connectivity index (χ4v) is 3.29. The summed E-state index contributed by atoms with van der Waals surface area (Å²) < 4.78 is 5.73. The molecule has 2 N–H and O–H groups in total. The number of ether oxygens (including phenoxy) is 1. The molecule has 4 nitrogen and oxygen atoms in total. The van der Waals surface area contributed by atoms with Gasteiger partial charge in [0.2, 0.25) is 0 Å². The van der Waals surface area contributed by atoms with Crippen LogP contribution in [0.5, 0.6) is 0 Å². The number of amides is 1. The van der Waals surface area contributed by atoms with E-state index in [0.717, 1.165) is 24.3 Å². The first kappa shape index (κ1) is 17.0. The molecule has 0 aliphatic carbocycles. The highest BCUT2D eigenvalue weighted by atomic mass is 16.5. The van der Waals surface area contributed by atoms with E-state index in [1.54, 1.807) is 0 Å². The zero-order valence-corrected chi connectivity index (χ0v) is 14.4. The normalized spacial score (nSPS) is 25.3. The van der Waals surface area contributed by atoms with Crippen molar-refractivity contribution in [2.75, 3.05) is 25.0 Å². The number of benzene rings is 1. The molecule has 0 bridgehead atoms. The molecule has 1 saturated heterocycles. The van der Waals surface area contributed by atoms with E-state index in [9.17, 15) is 4.79 Å². The van der Waals surface area contributed by atoms with E-state index < -0.39 is 0 Å². The number of nitrogens with one attached hydrogen (secondary N) is 2. The van der Waals surface area contributed by atoms with Crippen LogP contribution in [0.4, 0.5) is 5.69 Å². The summed E-state index contributed by atoms with van der Waals surface area (Å²) in [4.78, 5) is 13.7. The first-order chi connectivity index (χ1) is 10.4. The van der Waals surface area contributed by atoms with Gasteiger partial charge in [0.05, 0.1) is 0 Å². The fourth-order valence-electron chi connectivity index (χ4n) is 3.29. The third-order valence-electron chi connectivity index (χ3n) is 4.22. The molecule has 1 heterocycles. The lowest BCUT2D eigenvalue weighted by Crippen LogP contribution is -3.16. The van der Waals surface area contributed by atoms with E-state index in [0.29, 0.717) is 12.5 Å². The lowest BCUT2D eigenvalue weighted by Gasteiger charge is -2.32. The van der Waals surface area contributed by atoms with Crippen LogP contribution in [0.3, 0.4) is 0 Å². The third kappa shape index (κ3) is 4.31. The second kappa shape index (κ2) is 7.25. The Kier molecular flexibility index (Phi) is 5.59. The first-order valence-corrected chi connectivity index (χ1v) is 8.25. The van der Waals surface area contributed by atoms with Crippen molar-refractivity contribution in [2.45, 2.75) is 52.7 Å². The fraction of sp³-hybridized carbons (Fsp3) is 0.611. The molecule has 1 aliphatic heterocycles. The smallest absolute Gasteiger partial charge is 0.279 e. The van der Waals surface area contributed by atoms with E-state index in [-0.39, 0.29) is 18.1 Å². The standard InChI is InChI=1S/C18H28N2O2/c1-12(2)16-8-6-7-13(3)18(16)19-17(21)11-20-9-14(4)22-15(5)10-20/h6-8,12,14-15H,9-11H2,1-5H3,(H,19,21)/p+1/t14-,15-/m1/s1. The summed E-state index contributed by atoms with van der Waals surface area (Å²) in [6.07, 6.45) is 0.437. The molecular weight excluding hydrogens is 276 g/mol. The minimum absolute atomic E-state index is 0.0903. The van der Waals surface area contributed by atoms with Gasteiger partial charge in [-0.05, 0) is 37.8 Å². The minimum atomic E-state index is 0.0903. The Morgan fingerprint density at radius 1 is 1.32 bits per heavy atom. The van der Waals surface area contributed by atoms with Gasteiger partial charge in [0, 0.05) is 5.69 Å². The number of carbonyl (C=O) groups is 1. The lowest BCUT2D eigenvalue weighted by atomic mass is 9.98. The number of aryl methyl sites for hydroxylation is 1. The summed E-state index contributed by atoms with van der Waals surface area (Å²) in [6.45, 7) is 12.8. The lowest BCUT2D eigenvalue weighted by molar-refractivity contribution is -0.907. The molecule has 122 valence electrons. The van der Waals surface area contributed by atoms with Crippen molar-refractivity contribution in [3.8, 4) is 0 Å². The molecule has 1 amide bonds. The summed E-state index contributed by atoms with van der Waals surface area (Å²) in [5, 5.41) is 3.14. The molecule has 0 unspecified atom stereocenters. The maximum atomic E-state index is 12.4. The number of rotatable bonds is 4. The van der Waals surface area contributed by atoms with E-state index in [4.69, 9.17) is 4.74 Å². The first-order valence-electron chi connectivity index (χ1n) is 8.25. The van der Waals surface area contributed by atoms with Gasteiger partial charge in [-0.3, -0.25) is 4.79 Å². The van der Waals surface area contributed by atoms with Crippen LogP contribution in [0.15, 0.2) is 18.2 Å². The summed E-state index contributed by atoms with van der Waals surface area (Å²) in [6, 6.07) is 6.20. The van der Waals surface area contributed by atoms with Crippen molar-refractivity contribution in [1.29, 1.82) is 0 Å². The second-order valence-electron chi connectivity index (χ2n) is 6.83. The monoisotopic (exact) mass is 305 g/mol. The van der Waals surface area contributed by atoms with Crippen LogP contribution >= 0.6 is 0 Å². The average Bonchev–Trinajstić information content (AvgIpc) is 2.39. The molecule has 0 spiro atoms. The van der Waals surface area contributed by atoms with Gasteiger partial charge >= 0.3 is 0 Å². The molecule has 4 heteroatoms. The molecule has 1 aromatic rings. The van der Waals surface area contributed by atoms with Gasteiger partial charge in [-0.2, -0.15) is 0 Å². The van der Waals surface area contributed by atoms with Crippen LogP contribution in [0.25, 0.3) is 0 Å². The molecular formula is C18H29N2O2+. The van der Waals surface area contributed by atoms with E-state index in [1.165, 1.54) is 10.5 Å². The second-order valence-corrected chi connectivity index (χ2v) is 6.83. The number of hydrogen-bond acceptors (Lipinski definition) is 2. The number of morpholine rings is 1. The molecule has 1 aromatic carbocycles. The SMILES string of the molecule is Cc1cccc(C(C)C)c1NC(=O)C[NH+]1C[C@@H](C)O[C@H](C)C1. The summed E-state index contributed by atoms with van der Waals surface area (Å²) in [5.74, 6) is 0.485. The molecule has 1 fully saturated rings.